The van der Waals surface area contributed by atoms with E-state index in [1.54, 1.807) is 4.57 Å². The van der Waals surface area contributed by atoms with Crippen molar-refractivity contribution in [3.63, 3.8) is 0 Å². The molecule has 0 saturated carbocycles. The van der Waals surface area contributed by atoms with E-state index in [2.05, 4.69) is 24.1 Å². The number of ether oxygens (including phenoxy) is 1. The van der Waals surface area contributed by atoms with Crippen LogP contribution >= 0.6 is 0 Å². The number of hydrogen-bond acceptors (Lipinski definition) is 5. The normalized spacial score (nSPS) is 12.6. The minimum Gasteiger partial charge on any atom is -0.493 e. The van der Waals surface area contributed by atoms with Crippen LogP contribution in [-0.2, 0) is 30.7 Å². The van der Waals surface area contributed by atoms with Gasteiger partial charge in [0.2, 0.25) is 5.91 Å². The maximum Gasteiger partial charge on any atom is 0.330 e. The van der Waals surface area contributed by atoms with Gasteiger partial charge in [0.05, 0.1) is 6.61 Å². The number of nitrogens with one attached hydrogen (secondary N) is 2. The van der Waals surface area contributed by atoms with Crippen molar-refractivity contribution in [1.82, 2.24) is 19.1 Å². The molecule has 0 unspecified atom stereocenters. The Hall–Kier alpha value is -3.36. The number of aryl methyl sites for hydroxylation is 3. The Morgan fingerprint density at radius 1 is 1.12 bits per heavy atom. The summed E-state index contributed by atoms with van der Waals surface area (Å²) in [6, 6.07) is 5.67. The summed E-state index contributed by atoms with van der Waals surface area (Å²) >= 11 is 0. The van der Waals surface area contributed by atoms with Gasteiger partial charge < -0.3 is 14.6 Å². The average Bonchev–Trinajstić information content (AvgIpc) is 3.42. The molecular weight excluding hydrogens is 434 g/mol. The van der Waals surface area contributed by atoms with Gasteiger partial charge in [-0.1, -0.05) is 33.1 Å². The standard InChI is InChI=1S/C25H33N5O4/c1-3-5-7-14-29-20(27-23-22(29)24(32)28-25(33)30(23)13-6-4-2)10-11-21(31)26-18-8-9-19-17(16-18)12-15-34-19/h8-9,16H,3-7,10-15H2,1-2H3,(H,26,31)(H,28,32,33). The number of H-pyrrole nitrogens is 1. The molecule has 1 aromatic carbocycles. The Labute approximate surface area is 198 Å². The Morgan fingerprint density at radius 2 is 1.91 bits per heavy atom. The van der Waals surface area contributed by atoms with E-state index in [-0.39, 0.29) is 12.3 Å². The van der Waals surface area contributed by atoms with Crippen molar-refractivity contribution in [2.75, 3.05) is 11.9 Å². The van der Waals surface area contributed by atoms with E-state index in [4.69, 9.17) is 9.72 Å². The molecule has 0 radical (unpaired) electrons. The molecular formula is C25H33N5O4. The molecule has 9 nitrogen and oxygen atoms in total. The van der Waals surface area contributed by atoms with Crippen LogP contribution in [0.5, 0.6) is 5.75 Å². The Kier molecular flexibility index (Phi) is 7.49. The predicted octanol–water partition coefficient (Wildman–Crippen LogP) is 3.38. The Balaban J connectivity index is 1.58. The van der Waals surface area contributed by atoms with Gasteiger partial charge in [-0.15, -0.1) is 0 Å². The first kappa shape index (κ1) is 23.8. The fourth-order valence-electron chi connectivity index (χ4n) is 4.41. The quantitative estimate of drug-likeness (QED) is 0.420. The molecule has 1 aliphatic heterocycles. The lowest BCUT2D eigenvalue weighted by Gasteiger charge is -2.10. The van der Waals surface area contributed by atoms with Crippen molar-refractivity contribution in [2.24, 2.45) is 0 Å². The van der Waals surface area contributed by atoms with Gasteiger partial charge in [0.15, 0.2) is 11.2 Å². The molecule has 182 valence electrons. The SMILES string of the molecule is CCCCCn1c(CCC(=O)Nc2ccc3c(c2)CCO3)nc2c1c(=O)[nH]c(=O)n2CCCC. The van der Waals surface area contributed by atoms with Crippen LogP contribution in [0.15, 0.2) is 27.8 Å². The molecule has 9 heteroatoms. The highest BCUT2D eigenvalue weighted by Gasteiger charge is 2.19. The molecule has 34 heavy (non-hydrogen) atoms. The number of aromatic nitrogens is 4. The molecule has 3 aromatic rings. The van der Waals surface area contributed by atoms with Crippen LogP contribution < -0.4 is 21.3 Å². The van der Waals surface area contributed by atoms with Gasteiger partial charge in [-0.25, -0.2) is 9.78 Å². The zero-order valence-corrected chi connectivity index (χ0v) is 20.0. The van der Waals surface area contributed by atoms with Crippen LogP contribution in [0.4, 0.5) is 5.69 Å². The minimum atomic E-state index is -0.436. The van der Waals surface area contributed by atoms with Gasteiger partial charge in [-0.3, -0.25) is 19.1 Å². The highest BCUT2D eigenvalue weighted by Crippen LogP contribution is 2.28. The first-order valence-corrected chi connectivity index (χ1v) is 12.3. The van der Waals surface area contributed by atoms with Crippen molar-refractivity contribution < 1.29 is 9.53 Å². The highest BCUT2D eigenvalue weighted by molar-refractivity contribution is 5.91. The molecule has 2 N–H and O–H groups in total. The number of benzene rings is 1. The van der Waals surface area contributed by atoms with Crippen LogP contribution in [0.3, 0.4) is 0 Å². The number of rotatable bonds is 11. The number of aromatic amines is 1. The number of carbonyl (C=O) groups excluding carboxylic acids is 1. The molecule has 0 aliphatic carbocycles. The molecule has 0 bridgehead atoms. The smallest absolute Gasteiger partial charge is 0.330 e. The number of imidazole rings is 1. The van der Waals surface area contributed by atoms with Crippen LogP contribution in [0.1, 0.15) is 63.8 Å². The molecule has 2 aromatic heterocycles. The number of anilines is 1. The maximum absolute atomic E-state index is 12.7. The van der Waals surface area contributed by atoms with Gasteiger partial charge >= 0.3 is 5.69 Å². The fraction of sp³-hybridized carbons (Fsp3) is 0.520. The molecule has 0 atom stereocenters. The minimum absolute atomic E-state index is 0.122. The van der Waals surface area contributed by atoms with Gasteiger partial charge in [-0.2, -0.15) is 0 Å². The molecule has 1 amide bonds. The number of nitrogens with zero attached hydrogens (tertiary/aromatic N) is 3. The van der Waals surface area contributed by atoms with Crippen LogP contribution in [-0.4, -0.2) is 31.6 Å². The van der Waals surface area contributed by atoms with Gasteiger partial charge in [0.1, 0.15) is 11.6 Å². The summed E-state index contributed by atoms with van der Waals surface area (Å²) < 4.78 is 8.96. The van der Waals surface area contributed by atoms with Crippen molar-refractivity contribution >= 4 is 22.8 Å². The lowest BCUT2D eigenvalue weighted by Crippen LogP contribution is -2.31. The van der Waals surface area contributed by atoms with Crippen LogP contribution in [0.2, 0.25) is 0 Å². The van der Waals surface area contributed by atoms with E-state index in [0.29, 0.717) is 43.1 Å². The Morgan fingerprint density at radius 3 is 2.71 bits per heavy atom. The fourth-order valence-corrected chi connectivity index (χ4v) is 4.41. The second-order valence-corrected chi connectivity index (χ2v) is 8.79. The van der Waals surface area contributed by atoms with E-state index < -0.39 is 11.2 Å². The molecule has 0 saturated heterocycles. The zero-order valence-electron chi connectivity index (χ0n) is 20.0. The number of fused-ring (bicyclic) bond motifs is 2. The third kappa shape index (κ3) is 5.08. The Bertz CT molecular complexity index is 1290. The maximum atomic E-state index is 12.7. The van der Waals surface area contributed by atoms with Crippen molar-refractivity contribution in [3.8, 4) is 5.75 Å². The molecule has 1 aliphatic rings. The number of carbonyl (C=O) groups is 1. The largest absolute Gasteiger partial charge is 0.493 e. The predicted molar refractivity (Wildman–Crippen MR) is 132 cm³/mol. The molecule has 4 rings (SSSR count). The number of amides is 1. The van der Waals surface area contributed by atoms with Gasteiger partial charge in [0.25, 0.3) is 5.56 Å². The third-order valence-corrected chi connectivity index (χ3v) is 6.23. The summed E-state index contributed by atoms with van der Waals surface area (Å²) in [7, 11) is 0. The second kappa shape index (κ2) is 10.7. The second-order valence-electron chi connectivity index (χ2n) is 8.79. The van der Waals surface area contributed by atoms with E-state index in [9.17, 15) is 14.4 Å². The number of unbranched alkanes of at least 4 members (excludes halogenated alkanes) is 3. The van der Waals surface area contributed by atoms with Gasteiger partial charge in [-0.05, 0) is 36.6 Å². The van der Waals surface area contributed by atoms with Crippen molar-refractivity contribution in [2.45, 2.75) is 78.3 Å². The monoisotopic (exact) mass is 467 g/mol. The van der Waals surface area contributed by atoms with Crippen molar-refractivity contribution in [1.29, 1.82) is 0 Å². The summed E-state index contributed by atoms with van der Waals surface area (Å²) in [4.78, 5) is 45.1. The molecule has 0 fully saturated rings. The zero-order chi connectivity index (χ0) is 24.1. The molecule has 0 spiro atoms. The van der Waals surface area contributed by atoms with E-state index >= 15 is 0 Å². The van der Waals surface area contributed by atoms with E-state index in [1.807, 2.05) is 22.8 Å². The van der Waals surface area contributed by atoms with Crippen LogP contribution in [0.25, 0.3) is 11.2 Å². The summed E-state index contributed by atoms with van der Waals surface area (Å²) in [5, 5.41) is 2.95. The third-order valence-electron chi connectivity index (χ3n) is 6.23. The first-order valence-electron chi connectivity index (χ1n) is 12.3. The van der Waals surface area contributed by atoms with E-state index in [0.717, 1.165) is 55.5 Å². The lowest BCUT2D eigenvalue weighted by atomic mass is 10.1. The molecule has 3 heterocycles. The summed E-state index contributed by atoms with van der Waals surface area (Å²) in [5.41, 5.74) is 1.81. The summed E-state index contributed by atoms with van der Waals surface area (Å²) in [6.45, 7) is 5.97. The van der Waals surface area contributed by atoms with Gasteiger partial charge in [0, 0.05) is 38.0 Å². The van der Waals surface area contributed by atoms with E-state index in [1.165, 1.54) is 0 Å². The average molecular weight is 468 g/mol. The van der Waals surface area contributed by atoms with Crippen LogP contribution in [0, 0.1) is 0 Å². The van der Waals surface area contributed by atoms with Crippen molar-refractivity contribution in [3.05, 3.63) is 50.4 Å². The summed E-state index contributed by atoms with van der Waals surface area (Å²) in [5.74, 6) is 1.41. The lowest BCUT2D eigenvalue weighted by molar-refractivity contribution is -0.116. The number of hydrogen-bond donors (Lipinski definition) is 2. The highest BCUT2D eigenvalue weighted by atomic mass is 16.5. The first-order chi connectivity index (χ1) is 16.5. The summed E-state index contributed by atoms with van der Waals surface area (Å²) in [6.07, 6.45) is 6.15. The topological polar surface area (TPSA) is 111 Å².